The second-order valence-electron chi connectivity index (χ2n) is 5.98. The summed E-state index contributed by atoms with van der Waals surface area (Å²) in [5, 5.41) is 10.3. The van der Waals surface area contributed by atoms with Gasteiger partial charge in [0, 0.05) is 13.6 Å². The maximum atomic E-state index is 12.0. The van der Waals surface area contributed by atoms with E-state index in [2.05, 4.69) is 4.90 Å². The third-order valence-corrected chi connectivity index (χ3v) is 4.43. The van der Waals surface area contributed by atoms with Crippen molar-refractivity contribution >= 4 is 5.91 Å². The third kappa shape index (κ3) is 3.69. The molecule has 0 aromatic rings. The van der Waals surface area contributed by atoms with Gasteiger partial charge in [-0.15, -0.1) is 0 Å². The number of carbonyl (C=O) groups is 1. The topological polar surface area (TPSA) is 43.8 Å². The fourth-order valence-corrected chi connectivity index (χ4v) is 3.04. The van der Waals surface area contributed by atoms with Gasteiger partial charge in [-0.2, -0.15) is 0 Å². The van der Waals surface area contributed by atoms with E-state index in [4.69, 9.17) is 0 Å². The van der Waals surface area contributed by atoms with Gasteiger partial charge in [-0.1, -0.05) is 12.8 Å². The van der Waals surface area contributed by atoms with Crippen molar-refractivity contribution in [3.05, 3.63) is 0 Å². The minimum Gasteiger partial charge on any atom is -0.390 e. The molecule has 1 heterocycles. The highest BCUT2D eigenvalue weighted by atomic mass is 16.3. The number of carbonyl (C=O) groups excluding carboxylic acids is 1. The fraction of sp³-hybridized carbons (Fsp3) is 0.929. The van der Waals surface area contributed by atoms with E-state index < -0.39 is 5.60 Å². The summed E-state index contributed by atoms with van der Waals surface area (Å²) < 4.78 is 0. The number of nitrogens with zero attached hydrogens (tertiary/aromatic N) is 2. The van der Waals surface area contributed by atoms with Gasteiger partial charge in [0.1, 0.15) is 0 Å². The zero-order valence-corrected chi connectivity index (χ0v) is 11.5. The van der Waals surface area contributed by atoms with Gasteiger partial charge in [0.15, 0.2) is 0 Å². The number of hydrogen-bond acceptors (Lipinski definition) is 3. The van der Waals surface area contributed by atoms with Crippen LogP contribution in [-0.4, -0.2) is 59.6 Å². The molecule has 0 bridgehead atoms. The van der Waals surface area contributed by atoms with Gasteiger partial charge in [0.25, 0.3) is 0 Å². The van der Waals surface area contributed by atoms with E-state index in [1.54, 1.807) is 4.90 Å². The summed E-state index contributed by atoms with van der Waals surface area (Å²) in [6, 6.07) is 0. The Labute approximate surface area is 110 Å². The highest BCUT2D eigenvalue weighted by molar-refractivity contribution is 5.78. The van der Waals surface area contributed by atoms with E-state index in [0.717, 1.165) is 45.2 Å². The molecule has 0 aromatic carbocycles. The molecule has 104 valence electrons. The summed E-state index contributed by atoms with van der Waals surface area (Å²) in [7, 11) is 1.86. The average molecular weight is 254 g/mol. The molecular weight excluding hydrogens is 228 g/mol. The second kappa shape index (κ2) is 6.02. The van der Waals surface area contributed by atoms with Crippen LogP contribution in [0.15, 0.2) is 0 Å². The molecule has 0 spiro atoms. The Balaban J connectivity index is 1.69. The van der Waals surface area contributed by atoms with Gasteiger partial charge >= 0.3 is 0 Å². The van der Waals surface area contributed by atoms with Gasteiger partial charge in [-0.25, -0.2) is 0 Å². The van der Waals surface area contributed by atoms with Crippen LogP contribution in [0, 0.1) is 0 Å². The summed E-state index contributed by atoms with van der Waals surface area (Å²) in [5.74, 6) is 0.193. The number of amides is 1. The molecule has 18 heavy (non-hydrogen) atoms. The number of likely N-dealkylation sites (N-methyl/N-ethyl adjacent to an activating group) is 1. The third-order valence-electron chi connectivity index (χ3n) is 4.43. The summed E-state index contributed by atoms with van der Waals surface area (Å²) in [6.45, 7) is 3.35. The van der Waals surface area contributed by atoms with Crippen molar-refractivity contribution in [2.24, 2.45) is 0 Å². The van der Waals surface area contributed by atoms with Crippen molar-refractivity contribution in [2.45, 2.75) is 50.5 Å². The molecule has 4 nitrogen and oxygen atoms in total. The molecule has 0 atom stereocenters. The van der Waals surface area contributed by atoms with Gasteiger partial charge in [0.2, 0.25) is 5.91 Å². The Bertz CT molecular complexity index is 282. The van der Waals surface area contributed by atoms with Crippen LogP contribution in [0.2, 0.25) is 0 Å². The first-order valence-corrected chi connectivity index (χ1v) is 7.28. The summed E-state index contributed by atoms with van der Waals surface area (Å²) in [6.07, 6.45) is 7.23. The smallest absolute Gasteiger partial charge is 0.236 e. The van der Waals surface area contributed by atoms with E-state index >= 15 is 0 Å². The maximum absolute atomic E-state index is 12.0. The molecule has 0 unspecified atom stereocenters. The van der Waals surface area contributed by atoms with Crippen molar-refractivity contribution < 1.29 is 9.90 Å². The van der Waals surface area contributed by atoms with Crippen LogP contribution in [0.4, 0.5) is 0 Å². The predicted octanol–water partition coefficient (Wildman–Crippen LogP) is 1.24. The molecule has 2 aliphatic rings. The standard InChI is InChI=1S/C14H26N2O2/c1-15(11-8-14(18)6-2-3-7-14)13(17)12-16-9-4-5-10-16/h18H,2-12H2,1H3. The summed E-state index contributed by atoms with van der Waals surface area (Å²) in [5.41, 5.74) is -0.498. The first-order valence-electron chi connectivity index (χ1n) is 7.28. The van der Waals surface area contributed by atoms with Crippen molar-refractivity contribution in [1.82, 2.24) is 9.80 Å². The van der Waals surface area contributed by atoms with Crippen LogP contribution in [0.5, 0.6) is 0 Å². The molecule has 0 aromatic heterocycles. The highest BCUT2D eigenvalue weighted by Gasteiger charge is 2.31. The maximum Gasteiger partial charge on any atom is 0.236 e. The Hall–Kier alpha value is -0.610. The zero-order chi connectivity index (χ0) is 13.0. The normalized spacial score (nSPS) is 23.4. The minimum absolute atomic E-state index is 0.193. The molecule has 1 saturated heterocycles. The van der Waals surface area contributed by atoms with Crippen LogP contribution in [0.1, 0.15) is 44.9 Å². The van der Waals surface area contributed by atoms with Crippen molar-refractivity contribution in [1.29, 1.82) is 0 Å². The highest BCUT2D eigenvalue weighted by Crippen LogP contribution is 2.32. The predicted molar refractivity (Wildman–Crippen MR) is 71.3 cm³/mol. The Morgan fingerprint density at radius 2 is 1.83 bits per heavy atom. The van der Waals surface area contributed by atoms with Crippen LogP contribution in [0.3, 0.4) is 0 Å². The largest absolute Gasteiger partial charge is 0.390 e. The van der Waals surface area contributed by atoms with Crippen molar-refractivity contribution in [2.75, 3.05) is 33.2 Å². The lowest BCUT2D eigenvalue weighted by Gasteiger charge is -2.27. The Morgan fingerprint density at radius 3 is 2.44 bits per heavy atom. The number of rotatable bonds is 5. The lowest BCUT2D eigenvalue weighted by molar-refractivity contribution is -0.131. The monoisotopic (exact) mass is 254 g/mol. The van der Waals surface area contributed by atoms with Gasteiger partial charge in [0.05, 0.1) is 12.1 Å². The lowest BCUT2D eigenvalue weighted by atomic mass is 9.98. The average Bonchev–Trinajstić information content (AvgIpc) is 2.98. The quantitative estimate of drug-likeness (QED) is 0.802. The summed E-state index contributed by atoms with van der Waals surface area (Å²) >= 11 is 0. The molecule has 4 heteroatoms. The molecule has 1 aliphatic heterocycles. The molecule has 1 amide bonds. The first kappa shape index (κ1) is 13.8. The van der Waals surface area contributed by atoms with E-state index in [1.165, 1.54) is 12.8 Å². The van der Waals surface area contributed by atoms with Crippen LogP contribution in [-0.2, 0) is 4.79 Å². The van der Waals surface area contributed by atoms with E-state index in [0.29, 0.717) is 13.1 Å². The first-order chi connectivity index (χ1) is 8.59. The number of hydrogen-bond donors (Lipinski definition) is 1. The van der Waals surface area contributed by atoms with E-state index in [9.17, 15) is 9.90 Å². The molecule has 1 saturated carbocycles. The van der Waals surface area contributed by atoms with Crippen molar-refractivity contribution in [3.63, 3.8) is 0 Å². The van der Waals surface area contributed by atoms with Crippen molar-refractivity contribution in [3.8, 4) is 0 Å². The zero-order valence-electron chi connectivity index (χ0n) is 11.5. The minimum atomic E-state index is -0.498. The van der Waals surface area contributed by atoms with Gasteiger partial charge < -0.3 is 10.0 Å². The van der Waals surface area contributed by atoms with Crippen LogP contribution >= 0.6 is 0 Å². The Kier molecular flexibility index (Phi) is 4.62. The molecule has 1 aliphatic carbocycles. The molecule has 2 fully saturated rings. The molecular formula is C14H26N2O2. The molecule has 0 radical (unpaired) electrons. The lowest BCUT2D eigenvalue weighted by Crippen LogP contribution is -2.39. The Morgan fingerprint density at radius 1 is 1.22 bits per heavy atom. The van der Waals surface area contributed by atoms with E-state index in [-0.39, 0.29) is 5.91 Å². The van der Waals surface area contributed by atoms with Gasteiger partial charge in [-0.3, -0.25) is 9.69 Å². The van der Waals surface area contributed by atoms with Crippen LogP contribution < -0.4 is 0 Å². The van der Waals surface area contributed by atoms with E-state index in [1.807, 2.05) is 7.05 Å². The molecule has 1 N–H and O–H groups in total. The number of aliphatic hydroxyl groups is 1. The number of likely N-dealkylation sites (tertiary alicyclic amines) is 1. The second-order valence-corrected chi connectivity index (χ2v) is 5.98. The van der Waals surface area contributed by atoms with Gasteiger partial charge in [-0.05, 0) is 45.2 Å². The summed E-state index contributed by atoms with van der Waals surface area (Å²) in [4.78, 5) is 16.0. The van der Waals surface area contributed by atoms with Crippen LogP contribution in [0.25, 0.3) is 0 Å². The fourth-order valence-electron chi connectivity index (χ4n) is 3.04. The molecule has 2 rings (SSSR count). The SMILES string of the molecule is CN(CCC1(O)CCCC1)C(=O)CN1CCCC1.